The van der Waals surface area contributed by atoms with E-state index in [2.05, 4.69) is 4.98 Å². The summed E-state index contributed by atoms with van der Waals surface area (Å²) in [6, 6.07) is 5.15. The molecule has 108 valence electrons. The SMILES string of the molecule is CC(=O)SCCC(O)C(O)c1ccc2nc(C)oc2c1. The summed E-state index contributed by atoms with van der Waals surface area (Å²) in [4.78, 5) is 15.0. The number of fused-ring (bicyclic) bond motifs is 1. The zero-order valence-electron chi connectivity index (χ0n) is 11.4. The normalized spacial score (nSPS) is 14.4. The molecule has 0 aliphatic heterocycles. The summed E-state index contributed by atoms with van der Waals surface area (Å²) in [5, 5.41) is 20.1. The van der Waals surface area contributed by atoms with E-state index in [4.69, 9.17) is 4.42 Å². The minimum absolute atomic E-state index is 0.00486. The van der Waals surface area contributed by atoms with Gasteiger partial charge in [0.15, 0.2) is 16.6 Å². The lowest BCUT2D eigenvalue weighted by Gasteiger charge is -2.17. The molecule has 1 aromatic heterocycles. The third-order valence-corrected chi connectivity index (χ3v) is 3.79. The van der Waals surface area contributed by atoms with E-state index in [9.17, 15) is 15.0 Å². The first-order valence-corrected chi connectivity index (χ1v) is 7.32. The number of carbonyl (C=O) groups excluding carboxylic acids is 1. The number of nitrogens with zero attached hydrogens (tertiary/aromatic N) is 1. The smallest absolute Gasteiger partial charge is 0.192 e. The first kappa shape index (κ1) is 15.0. The molecule has 2 aromatic rings. The number of carbonyl (C=O) groups is 1. The largest absolute Gasteiger partial charge is 0.441 e. The highest BCUT2D eigenvalue weighted by Gasteiger charge is 2.19. The van der Waals surface area contributed by atoms with E-state index in [-0.39, 0.29) is 5.12 Å². The van der Waals surface area contributed by atoms with Crippen LogP contribution < -0.4 is 0 Å². The molecule has 0 bridgehead atoms. The molecular formula is C14H17NO4S. The van der Waals surface area contributed by atoms with E-state index in [1.807, 2.05) is 0 Å². The molecule has 2 atom stereocenters. The van der Waals surface area contributed by atoms with Crippen LogP contribution in [-0.4, -0.2) is 32.2 Å². The van der Waals surface area contributed by atoms with Gasteiger partial charge in [-0.1, -0.05) is 17.8 Å². The number of hydrogen-bond acceptors (Lipinski definition) is 6. The van der Waals surface area contributed by atoms with Crippen molar-refractivity contribution in [2.24, 2.45) is 0 Å². The molecule has 5 nitrogen and oxygen atoms in total. The lowest BCUT2D eigenvalue weighted by atomic mass is 10.0. The van der Waals surface area contributed by atoms with Crippen LogP contribution in [0.15, 0.2) is 22.6 Å². The highest BCUT2D eigenvalue weighted by molar-refractivity contribution is 8.13. The highest BCUT2D eigenvalue weighted by atomic mass is 32.2. The van der Waals surface area contributed by atoms with Crippen LogP contribution in [0.1, 0.15) is 30.9 Å². The van der Waals surface area contributed by atoms with E-state index < -0.39 is 12.2 Å². The van der Waals surface area contributed by atoms with Gasteiger partial charge in [-0.25, -0.2) is 4.98 Å². The average molecular weight is 295 g/mol. The third-order valence-electron chi connectivity index (χ3n) is 2.94. The summed E-state index contributed by atoms with van der Waals surface area (Å²) >= 11 is 1.14. The van der Waals surface area contributed by atoms with Crippen molar-refractivity contribution in [3.8, 4) is 0 Å². The van der Waals surface area contributed by atoms with Gasteiger partial charge in [-0.3, -0.25) is 4.79 Å². The van der Waals surface area contributed by atoms with E-state index in [0.29, 0.717) is 29.2 Å². The minimum Gasteiger partial charge on any atom is -0.441 e. The lowest BCUT2D eigenvalue weighted by Crippen LogP contribution is -2.19. The number of aromatic nitrogens is 1. The van der Waals surface area contributed by atoms with Crippen molar-refractivity contribution >= 4 is 28.0 Å². The molecule has 6 heteroatoms. The van der Waals surface area contributed by atoms with Crippen molar-refractivity contribution in [2.75, 3.05) is 5.75 Å². The molecule has 20 heavy (non-hydrogen) atoms. The average Bonchev–Trinajstić information content (AvgIpc) is 2.76. The van der Waals surface area contributed by atoms with Crippen LogP contribution in [0.25, 0.3) is 11.1 Å². The maximum Gasteiger partial charge on any atom is 0.192 e. The number of aryl methyl sites for hydroxylation is 1. The van der Waals surface area contributed by atoms with Crippen LogP contribution in [-0.2, 0) is 4.79 Å². The van der Waals surface area contributed by atoms with Gasteiger partial charge in [-0.2, -0.15) is 0 Å². The Morgan fingerprint density at radius 3 is 2.90 bits per heavy atom. The van der Waals surface area contributed by atoms with Gasteiger partial charge in [-0.15, -0.1) is 0 Å². The molecule has 1 heterocycles. The number of benzene rings is 1. The van der Waals surface area contributed by atoms with Crippen molar-refractivity contribution in [1.29, 1.82) is 0 Å². The summed E-state index contributed by atoms with van der Waals surface area (Å²) in [6.07, 6.45) is -1.57. The van der Waals surface area contributed by atoms with Crippen LogP contribution in [0.5, 0.6) is 0 Å². The second-order valence-electron chi connectivity index (χ2n) is 4.60. The minimum atomic E-state index is -1.00. The van der Waals surface area contributed by atoms with E-state index in [0.717, 1.165) is 17.3 Å². The van der Waals surface area contributed by atoms with Gasteiger partial charge in [0.1, 0.15) is 11.6 Å². The van der Waals surface area contributed by atoms with Gasteiger partial charge in [0, 0.05) is 19.6 Å². The number of oxazole rings is 1. The standard InChI is InChI=1S/C14H17NO4S/c1-8-15-11-4-3-10(7-13(11)19-8)14(18)12(17)5-6-20-9(2)16/h3-4,7,12,14,17-18H,5-6H2,1-2H3. The van der Waals surface area contributed by atoms with Gasteiger partial charge in [0.2, 0.25) is 0 Å². The second kappa shape index (κ2) is 6.39. The zero-order chi connectivity index (χ0) is 14.7. The van der Waals surface area contributed by atoms with Crippen LogP contribution in [0.4, 0.5) is 0 Å². The zero-order valence-corrected chi connectivity index (χ0v) is 12.2. The predicted molar refractivity (Wildman–Crippen MR) is 77.5 cm³/mol. The lowest BCUT2D eigenvalue weighted by molar-refractivity contribution is -0.109. The van der Waals surface area contributed by atoms with Gasteiger partial charge < -0.3 is 14.6 Å². The molecule has 0 saturated heterocycles. The Morgan fingerprint density at radius 1 is 1.45 bits per heavy atom. The fourth-order valence-electron chi connectivity index (χ4n) is 1.94. The van der Waals surface area contributed by atoms with Crippen molar-refractivity contribution < 1.29 is 19.4 Å². The summed E-state index contributed by atoms with van der Waals surface area (Å²) in [7, 11) is 0. The quantitative estimate of drug-likeness (QED) is 0.880. The van der Waals surface area contributed by atoms with E-state index in [1.54, 1.807) is 25.1 Å². The second-order valence-corrected chi connectivity index (χ2v) is 5.87. The Kier molecular flexibility index (Phi) is 4.80. The van der Waals surface area contributed by atoms with Crippen LogP contribution >= 0.6 is 11.8 Å². The van der Waals surface area contributed by atoms with Crippen LogP contribution in [0.2, 0.25) is 0 Å². The molecule has 0 radical (unpaired) electrons. The maximum absolute atomic E-state index is 10.8. The van der Waals surface area contributed by atoms with Gasteiger partial charge in [-0.05, 0) is 24.1 Å². The van der Waals surface area contributed by atoms with Gasteiger partial charge >= 0.3 is 0 Å². The summed E-state index contributed by atoms with van der Waals surface area (Å²) in [6.45, 7) is 3.23. The Labute approximate surface area is 121 Å². The van der Waals surface area contributed by atoms with Gasteiger partial charge in [0.05, 0.1) is 6.10 Å². The number of rotatable bonds is 5. The summed E-state index contributed by atoms with van der Waals surface area (Å²) in [5.41, 5.74) is 1.89. The monoisotopic (exact) mass is 295 g/mol. The molecule has 0 fully saturated rings. The van der Waals surface area contributed by atoms with E-state index >= 15 is 0 Å². The molecule has 0 aliphatic rings. The van der Waals surface area contributed by atoms with Crippen LogP contribution in [0, 0.1) is 6.92 Å². The summed E-state index contributed by atoms with van der Waals surface area (Å²) in [5.74, 6) is 1.04. The maximum atomic E-state index is 10.8. The molecule has 2 rings (SSSR count). The fraction of sp³-hybridized carbons (Fsp3) is 0.429. The van der Waals surface area contributed by atoms with Gasteiger partial charge in [0.25, 0.3) is 0 Å². The fourth-order valence-corrected chi connectivity index (χ4v) is 2.59. The van der Waals surface area contributed by atoms with Crippen molar-refractivity contribution in [2.45, 2.75) is 32.5 Å². The van der Waals surface area contributed by atoms with Crippen molar-refractivity contribution in [3.05, 3.63) is 29.7 Å². The molecule has 2 N–H and O–H groups in total. The molecular weight excluding hydrogens is 278 g/mol. The number of hydrogen-bond donors (Lipinski definition) is 2. The number of aliphatic hydroxyl groups excluding tert-OH is 2. The Balaban J connectivity index is 2.05. The van der Waals surface area contributed by atoms with Crippen LogP contribution in [0.3, 0.4) is 0 Å². The van der Waals surface area contributed by atoms with E-state index in [1.165, 1.54) is 6.92 Å². The third kappa shape index (κ3) is 3.59. The molecule has 2 unspecified atom stereocenters. The van der Waals surface area contributed by atoms with Crippen molar-refractivity contribution in [1.82, 2.24) is 4.98 Å². The Morgan fingerprint density at radius 2 is 2.20 bits per heavy atom. The Hall–Kier alpha value is -1.37. The number of aliphatic hydroxyl groups is 2. The topological polar surface area (TPSA) is 83.6 Å². The molecule has 0 amide bonds. The number of thioether (sulfide) groups is 1. The van der Waals surface area contributed by atoms with Crippen molar-refractivity contribution in [3.63, 3.8) is 0 Å². The first-order chi connectivity index (χ1) is 9.47. The first-order valence-electron chi connectivity index (χ1n) is 6.34. The molecule has 0 aliphatic carbocycles. The summed E-state index contributed by atoms with van der Waals surface area (Å²) < 4.78 is 5.40. The molecule has 0 spiro atoms. The Bertz CT molecular complexity index is 610. The highest BCUT2D eigenvalue weighted by Crippen LogP contribution is 2.24. The predicted octanol–water partition coefficient (Wildman–Crippen LogP) is 2.20. The molecule has 1 aromatic carbocycles. The molecule has 0 saturated carbocycles.